The highest BCUT2D eigenvalue weighted by Crippen LogP contribution is 2.37. The van der Waals surface area contributed by atoms with Crippen LogP contribution in [-0.4, -0.2) is 21.2 Å². The van der Waals surface area contributed by atoms with Crippen molar-refractivity contribution >= 4 is 40.4 Å². The number of hydrogen-bond acceptors (Lipinski definition) is 7. The fourth-order valence-corrected chi connectivity index (χ4v) is 3.61. The van der Waals surface area contributed by atoms with Gasteiger partial charge in [0.05, 0.1) is 15.5 Å². The fourth-order valence-electron chi connectivity index (χ4n) is 2.78. The van der Waals surface area contributed by atoms with E-state index in [9.17, 15) is 24.8 Å². The number of carbonyl (C=O) groups is 2. The van der Waals surface area contributed by atoms with Crippen LogP contribution in [0.2, 0.25) is 0 Å². The Hall–Kier alpha value is -3.85. The summed E-state index contributed by atoms with van der Waals surface area (Å²) in [6, 6.07) is 15.1. The Bertz CT molecular complexity index is 1170. The number of phenols is 1. The van der Waals surface area contributed by atoms with Crippen LogP contribution in [0, 0.1) is 10.1 Å². The largest absolute Gasteiger partial charge is 0.508 e. The molecule has 1 aromatic heterocycles. The Morgan fingerprint density at radius 2 is 1.83 bits per heavy atom. The van der Waals surface area contributed by atoms with Gasteiger partial charge in [-0.3, -0.25) is 19.7 Å². The van der Waals surface area contributed by atoms with Gasteiger partial charge in [-0.2, -0.15) is 0 Å². The molecule has 0 unspecified atom stereocenters. The van der Waals surface area contributed by atoms with E-state index in [0.29, 0.717) is 17.1 Å². The molecular formula is C20H12N2O6S. The van der Waals surface area contributed by atoms with Gasteiger partial charge in [-0.1, -0.05) is 6.07 Å². The molecule has 2 amide bonds. The van der Waals surface area contributed by atoms with Gasteiger partial charge in [0.15, 0.2) is 0 Å². The van der Waals surface area contributed by atoms with Crippen molar-refractivity contribution in [2.24, 2.45) is 0 Å². The lowest BCUT2D eigenvalue weighted by atomic mass is 10.1. The zero-order chi connectivity index (χ0) is 20.5. The number of thioether (sulfide) groups is 1. The number of nitrogens with zero attached hydrogens (tertiary/aromatic N) is 2. The highest BCUT2D eigenvalue weighted by atomic mass is 32.2. The van der Waals surface area contributed by atoms with Gasteiger partial charge in [0, 0.05) is 29.8 Å². The van der Waals surface area contributed by atoms with E-state index >= 15 is 0 Å². The number of phenolic OH excluding ortho intramolecular Hbond substituents is 1. The molecule has 29 heavy (non-hydrogen) atoms. The summed E-state index contributed by atoms with van der Waals surface area (Å²) >= 11 is 0.769. The van der Waals surface area contributed by atoms with E-state index in [1.807, 2.05) is 0 Å². The number of benzene rings is 2. The second kappa shape index (κ2) is 7.28. The summed E-state index contributed by atoms with van der Waals surface area (Å²) in [5.74, 6) is 0.265. The number of nitro groups is 1. The molecule has 9 heteroatoms. The number of furan rings is 1. The van der Waals surface area contributed by atoms with Crippen LogP contribution in [0.3, 0.4) is 0 Å². The van der Waals surface area contributed by atoms with Crippen LogP contribution in [0.25, 0.3) is 17.4 Å². The summed E-state index contributed by atoms with van der Waals surface area (Å²) in [5, 5.41) is 19.9. The monoisotopic (exact) mass is 408 g/mol. The predicted octanol–water partition coefficient (Wildman–Crippen LogP) is 4.80. The van der Waals surface area contributed by atoms with Crippen molar-refractivity contribution in [1.29, 1.82) is 0 Å². The molecule has 0 saturated carbocycles. The molecule has 4 rings (SSSR count). The third kappa shape index (κ3) is 3.63. The SMILES string of the molecule is O=C1S/C(=C/c2ccc(-c3ccc([N+](=O)[O-])cc3)o2)C(=O)N1c1cccc(O)c1. The van der Waals surface area contributed by atoms with Gasteiger partial charge in [0.25, 0.3) is 16.8 Å². The Morgan fingerprint density at radius 1 is 1.07 bits per heavy atom. The zero-order valence-electron chi connectivity index (χ0n) is 14.6. The first-order valence-electron chi connectivity index (χ1n) is 8.34. The first-order valence-corrected chi connectivity index (χ1v) is 9.16. The van der Waals surface area contributed by atoms with E-state index in [1.165, 1.54) is 30.3 Å². The molecule has 1 N–H and O–H groups in total. The van der Waals surface area contributed by atoms with Gasteiger partial charge in [-0.15, -0.1) is 0 Å². The first kappa shape index (κ1) is 18.5. The van der Waals surface area contributed by atoms with Gasteiger partial charge in [-0.05, 0) is 48.2 Å². The van der Waals surface area contributed by atoms with E-state index < -0.39 is 16.1 Å². The summed E-state index contributed by atoms with van der Waals surface area (Å²) in [7, 11) is 0. The molecule has 0 atom stereocenters. The topological polar surface area (TPSA) is 114 Å². The smallest absolute Gasteiger partial charge is 0.298 e. The van der Waals surface area contributed by atoms with Gasteiger partial charge in [0.2, 0.25) is 0 Å². The summed E-state index contributed by atoms with van der Waals surface area (Å²) in [4.78, 5) is 36.3. The Labute approximate surface area is 168 Å². The lowest BCUT2D eigenvalue weighted by Crippen LogP contribution is -2.27. The van der Waals surface area contributed by atoms with Crippen molar-refractivity contribution < 1.29 is 24.0 Å². The molecule has 0 bridgehead atoms. The van der Waals surface area contributed by atoms with Crippen LogP contribution in [0.1, 0.15) is 5.76 Å². The van der Waals surface area contributed by atoms with E-state index in [-0.39, 0.29) is 22.0 Å². The molecule has 1 fully saturated rings. The molecule has 1 saturated heterocycles. The minimum Gasteiger partial charge on any atom is -0.508 e. The molecule has 2 aromatic carbocycles. The second-order valence-electron chi connectivity index (χ2n) is 6.04. The van der Waals surface area contributed by atoms with Gasteiger partial charge in [-0.25, -0.2) is 4.90 Å². The minimum atomic E-state index is -0.515. The van der Waals surface area contributed by atoms with E-state index in [2.05, 4.69) is 0 Å². The Kier molecular flexibility index (Phi) is 4.65. The molecular weight excluding hydrogens is 396 g/mol. The normalized spacial score (nSPS) is 15.3. The van der Waals surface area contributed by atoms with Crippen molar-refractivity contribution in [3.8, 4) is 17.1 Å². The molecule has 8 nitrogen and oxygen atoms in total. The first-order chi connectivity index (χ1) is 13.9. The average molecular weight is 408 g/mol. The molecule has 2 heterocycles. The van der Waals surface area contributed by atoms with E-state index in [1.54, 1.807) is 36.4 Å². The maximum atomic E-state index is 12.6. The van der Waals surface area contributed by atoms with E-state index in [4.69, 9.17) is 4.42 Å². The predicted molar refractivity (Wildman–Crippen MR) is 107 cm³/mol. The van der Waals surface area contributed by atoms with E-state index in [0.717, 1.165) is 16.7 Å². The standard InChI is InChI=1S/C20H12N2O6S/c23-15-3-1-2-14(10-15)21-19(24)18(29-20(21)25)11-16-8-9-17(28-16)12-4-6-13(7-5-12)22(26)27/h1-11,23H/b18-11+. The van der Waals surface area contributed by atoms with Gasteiger partial charge < -0.3 is 9.52 Å². The number of anilines is 1. The lowest BCUT2D eigenvalue weighted by molar-refractivity contribution is -0.384. The summed E-state index contributed by atoms with van der Waals surface area (Å²) in [6.07, 6.45) is 1.46. The van der Waals surface area contributed by atoms with Crippen LogP contribution >= 0.6 is 11.8 Å². The third-order valence-electron chi connectivity index (χ3n) is 4.14. The molecule has 3 aromatic rings. The number of carbonyl (C=O) groups excluding carboxylic acids is 2. The number of rotatable bonds is 4. The third-order valence-corrected chi connectivity index (χ3v) is 5.01. The van der Waals surface area contributed by atoms with Gasteiger partial charge >= 0.3 is 0 Å². The molecule has 0 spiro atoms. The molecule has 0 radical (unpaired) electrons. The van der Waals surface area contributed by atoms with Crippen molar-refractivity contribution in [2.75, 3.05) is 4.90 Å². The fraction of sp³-hybridized carbons (Fsp3) is 0. The summed E-state index contributed by atoms with van der Waals surface area (Å²) in [6.45, 7) is 0. The molecule has 0 aliphatic carbocycles. The summed E-state index contributed by atoms with van der Waals surface area (Å²) in [5.41, 5.74) is 0.895. The van der Waals surface area contributed by atoms with Crippen molar-refractivity contribution in [3.63, 3.8) is 0 Å². The Morgan fingerprint density at radius 3 is 2.52 bits per heavy atom. The highest BCUT2D eigenvalue weighted by Gasteiger charge is 2.36. The van der Waals surface area contributed by atoms with Crippen molar-refractivity contribution in [2.45, 2.75) is 0 Å². The Balaban J connectivity index is 1.58. The van der Waals surface area contributed by atoms with Crippen molar-refractivity contribution in [3.05, 3.63) is 81.4 Å². The quantitative estimate of drug-likeness (QED) is 0.375. The molecule has 1 aliphatic heterocycles. The van der Waals surface area contributed by atoms with Crippen LogP contribution in [0.5, 0.6) is 5.75 Å². The number of non-ortho nitro benzene ring substituents is 1. The number of nitro benzene ring substituents is 1. The minimum absolute atomic E-state index is 0.0267. The summed E-state index contributed by atoms with van der Waals surface area (Å²) < 4.78 is 5.69. The van der Waals surface area contributed by atoms with Crippen LogP contribution in [0.15, 0.2) is 70.0 Å². The van der Waals surface area contributed by atoms with Crippen molar-refractivity contribution in [1.82, 2.24) is 0 Å². The van der Waals surface area contributed by atoms with Crippen LogP contribution < -0.4 is 4.90 Å². The van der Waals surface area contributed by atoms with Gasteiger partial charge in [0.1, 0.15) is 17.3 Å². The molecule has 1 aliphatic rings. The zero-order valence-corrected chi connectivity index (χ0v) is 15.5. The lowest BCUT2D eigenvalue weighted by Gasteiger charge is -2.12. The maximum Gasteiger partial charge on any atom is 0.298 e. The molecule has 144 valence electrons. The van der Waals surface area contributed by atoms with Crippen LogP contribution in [-0.2, 0) is 4.79 Å². The highest BCUT2D eigenvalue weighted by molar-refractivity contribution is 8.19. The number of aromatic hydroxyl groups is 1. The number of hydrogen-bond donors (Lipinski definition) is 1. The number of imide groups is 1. The maximum absolute atomic E-state index is 12.6. The average Bonchev–Trinajstić information content (AvgIpc) is 3.26. The van der Waals surface area contributed by atoms with Crippen LogP contribution in [0.4, 0.5) is 16.2 Å². The second-order valence-corrected chi connectivity index (χ2v) is 7.04. The number of amides is 2.